The molecule has 0 aliphatic carbocycles. The fourth-order valence-electron chi connectivity index (χ4n) is 3.69. The molecule has 1 aromatic carbocycles. The first-order valence-corrected chi connectivity index (χ1v) is 8.32. The largest absolute Gasteiger partial charge is 0.356 e. The second-order valence-electron chi connectivity index (χ2n) is 6.54. The Bertz CT molecular complexity index is 899. The predicted octanol–water partition coefficient (Wildman–Crippen LogP) is 2.73. The molecule has 0 saturated carbocycles. The van der Waals surface area contributed by atoms with E-state index in [2.05, 4.69) is 19.9 Å². The quantitative estimate of drug-likeness (QED) is 0.767. The van der Waals surface area contributed by atoms with Crippen LogP contribution in [0.4, 0.5) is 14.6 Å². The minimum atomic E-state index is -0.829. The number of nitrogens with two attached hydrogens (primary N) is 1. The molecule has 3 heterocycles. The van der Waals surface area contributed by atoms with Gasteiger partial charge in [0.05, 0.1) is 5.39 Å². The third-order valence-electron chi connectivity index (χ3n) is 5.28. The number of H-pyrrole nitrogens is 1. The van der Waals surface area contributed by atoms with Crippen molar-refractivity contribution in [2.45, 2.75) is 18.3 Å². The zero-order chi connectivity index (χ0) is 17.4. The number of hydrogen-bond acceptors (Lipinski definition) is 4. The lowest BCUT2D eigenvalue weighted by molar-refractivity contribution is 0.337. The van der Waals surface area contributed by atoms with Gasteiger partial charge in [-0.2, -0.15) is 0 Å². The molecule has 3 aromatic rings. The molecule has 0 atom stereocenters. The number of anilines is 1. The Morgan fingerprint density at radius 2 is 1.92 bits per heavy atom. The van der Waals surface area contributed by atoms with Crippen molar-refractivity contribution >= 4 is 16.9 Å². The number of halogens is 2. The Hall–Kier alpha value is -2.54. The van der Waals surface area contributed by atoms with Crippen molar-refractivity contribution in [3.63, 3.8) is 0 Å². The molecule has 4 rings (SSSR count). The van der Waals surface area contributed by atoms with Crippen molar-refractivity contribution in [1.29, 1.82) is 0 Å². The van der Waals surface area contributed by atoms with Gasteiger partial charge in [-0.1, -0.05) is 6.07 Å². The molecule has 1 aliphatic heterocycles. The van der Waals surface area contributed by atoms with Gasteiger partial charge in [0.1, 0.15) is 17.8 Å². The van der Waals surface area contributed by atoms with E-state index >= 15 is 0 Å². The highest BCUT2D eigenvalue weighted by Gasteiger charge is 2.36. The van der Waals surface area contributed by atoms with Crippen LogP contribution in [0.5, 0.6) is 0 Å². The van der Waals surface area contributed by atoms with Crippen LogP contribution < -0.4 is 10.6 Å². The highest BCUT2D eigenvalue weighted by Crippen LogP contribution is 2.37. The van der Waals surface area contributed by atoms with Crippen LogP contribution in [0.2, 0.25) is 0 Å². The average Bonchev–Trinajstić information content (AvgIpc) is 3.13. The van der Waals surface area contributed by atoms with E-state index in [0.717, 1.165) is 48.3 Å². The molecule has 2 aromatic heterocycles. The Morgan fingerprint density at radius 1 is 1.12 bits per heavy atom. The van der Waals surface area contributed by atoms with E-state index in [1.165, 1.54) is 12.1 Å². The van der Waals surface area contributed by atoms with Gasteiger partial charge in [0.15, 0.2) is 11.6 Å². The van der Waals surface area contributed by atoms with Crippen LogP contribution >= 0.6 is 0 Å². The first-order valence-electron chi connectivity index (χ1n) is 8.32. The van der Waals surface area contributed by atoms with Crippen molar-refractivity contribution in [2.75, 3.05) is 24.5 Å². The number of nitrogens with zero attached hydrogens (tertiary/aromatic N) is 3. The molecule has 0 radical (unpaired) electrons. The minimum Gasteiger partial charge on any atom is -0.356 e. The summed E-state index contributed by atoms with van der Waals surface area (Å²) in [5, 5.41) is 0.982. The lowest BCUT2D eigenvalue weighted by atomic mass is 9.72. The van der Waals surface area contributed by atoms with Crippen LogP contribution in [0, 0.1) is 11.6 Å². The standard InChI is InChI=1S/C18H19F2N5/c19-14-2-1-12(9-15(14)20)18(10-21)4-7-25(8-5-18)17-13-3-6-22-16(13)23-11-24-17/h1-3,6,9,11H,4-5,7-8,10,21H2,(H,22,23,24). The Balaban J connectivity index is 1.61. The van der Waals surface area contributed by atoms with Crippen molar-refractivity contribution in [3.8, 4) is 0 Å². The summed E-state index contributed by atoms with van der Waals surface area (Å²) >= 11 is 0. The molecular formula is C18H19F2N5. The summed E-state index contributed by atoms with van der Waals surface area (Å²) in [4.78, 5) is 13.9. The molecule has 0 spiro atoms. The van der Waals surface area contributed by atoms with Crippen LogP contribution in [0.25, 0.3) is 11.0 Å². The molecule has 1 fully saturated rings. The van der Waals surface area contributed by atoms with Gasteiger partial charge in [-0.3, -0.25) is 0 Å². The smallest absolute Gasteiger partial charge is 0.159 e. The average molecular weight is 343 g/mol. The Morgan fingerprint density at radius 3 is 2.64 bits per heavy atom. The zero-order valence-electron chi connectivity index (χ0n) is 13.7. The molecule has 25 heavy (non-hydrogen) atoms. The highest BCUT2D eigenvalue weighted by atomic mass is 19.2. The lowest BCUT2D eigenvalue weighted by Gasteiger charge is -2.42. The summed E-state index contributed by atoms with van der Waals surface area (Å²) in [5.74, 6) is -0.760. The van der Waals surface area contributed by atoms with E-state index in [0.29, 0.717) is 6.54 Å². The van der Waals surface area contributed by atoms with E-state index in [9.17, 15) is 8.78 Å². The molecular weight excluding hydrogens is 324 g/mol. The van der Waals surface area contributed by atoms with Gasteiger partial charge in [0, 0.05) is 31.2 Å². The number of hydrogen-bond donors (Lipinski definition) is 2. The summed E-state index contributed by atoms with van der Waals surface area (Å²) in [6.07, 6.45) is 4.90. The Labute approximate surface area is 143 Å². The van der Waals surface area contributed by atoms with Crippen LogP contribution in [0.15, 0.2) is 36.8 Å². The van der Waals surface area contributed by atoms with Crippen molar-refractivity contribution in [2.24, 2.45) is 5.73 Å². The molecule has 1 aliphatic rings. The number of piperidine rings is 1. The third-order valence-corrected chi connectivity index (χ3v) is 5.28. The SMILES string of the molecule is NCC1(c2ccc(F)c(F)c2)CCN(c2ncnc3[nH]ccc23)CC1. The normalized spacial score (nSPS) is 17.2. The first-order chi connectivity index (χ1) is 12.1. The molecule has 1 saturated heterocycles. The predicted molar refractivity (Wildman–Crippen MR) is 92.4 cm³/mol. The highest BCUT2D eigenvalue weighted by molar-refractivity contribution is 5.87. The second kappa shape index (κ2) is 6.07. The molecule has 7 heteroatoms. The fourth-order valence-corrected chi connectivity index (χ4v) is 3.69. The minimum absolute atomic E-state index is 0.338. The monoisotopic (exact) mass is 343 g/mol. The number of aromatic amines is 1. The number of benzene rings is 1. The lowest BCUT2D eigenvalue weighted by Crippen LogP contribution is -2.47. The topological polar surface area (TPSA) is 70.8 Å². The van der Waals surface area contributed by atoms with Gasteiger partial charge in [0.25, 0.3) is 0 Å². The molecule has 0 amide bonds. The summed E-state index contributed by atoms with van der Waals surface area (Å²) in [6.45, 7) is 1.89. The van der Waals surface area contributed by atoms with Crippen molar-refractivity contribution < 1.29 is 8.78 Å². The van der Waals surface area contributed by atoms with Crippen LogP contribution in [0.3, 0.4) is 0 Å². The molecule has 5 nitrogen and oxygen atoms in total. The first kappa shape index (κ1) is 16.0. The number of nitrogens with one attached hydrogen (secondary N) is 1. The van der Waals surface area contributed by atoms with E-state index in [-0.39, 0.29) is 5.41 Å². The van der Waals surface area contributed by atoms with E-state index in [1.807, 2.05) is 12.3 Å². The Kier molecular flexibility index (Phi) is 3.88. The maximum Gasteiger partial charge on any atom is 0.159 e. The van der Waals surface area contributed by atoms with E-state index in [1.54, 1.807) is 12.4 Å². The second-order valence-corrected chi connectivity index (χ2v) is 6.54. The van der Waals surface area contributed by atoms with E-state index < -0.39 is 11.6 Å². The number of rotatable bonds is 3. The molecule has 130 valence electrons. The summed E-state index contributed by atoms with van der Waals surface area (Å²) in [7, 11) is 0. The maximum absolute atomic E-state index is 13.7. The van der Waals surface area contributed by atoms with Crippen LogP contribution in [-0.2, 0) is 5.41 Å². The van der Waals surface area contributed by atoms with Gasteiger partial charge in [-0.25, -0.2) is 18.7 Å². The van der Waals surface area contributed by atoms with Gasteiger partial charge >= 0.3 is 0 Å². The van der Waals surface area contributed by atoms with Crippen LogP contribution in [0.1, 0.15) is 18.4 Å². The fraction of sp³-hybridized carbons (Fsp3) is 0.333. The number of aromatic nitrogens is 3. The molecule has 0 bridgehead atoms. The van der Waals surface area contributed by atoms with Crippen molar-refractivity contribution in [3.05, 3.63) is 54.0 Å². The molecule has 0 unspecified atom stereocenters. The van der Waals surface area contributed by atoms with E-state index in [4.69, 9.17) is 5.73 Å². The zero-order valence-corrected chi connectivity index (χ0v) is 13.7. The maximum atomic E-state index is 13.7. The summed E-state index contributed by atoms with van der Waals surface area (Å²) in [5.41, 5.74) is 7.29. The van der Waals surface area contributed by atoms with Gasteiger partial charge in [-0.05, 0) is 36.6 Å². The van der Waals surface area contributed by atoms with Gasteiger partial charge < -0.3 is 15.6 Å². The van der Waals surface area contributed by atoms with Gasteiger partial charge in [-0.15, -0.1) is 0 Å². The molecule has 3 N–H and O–H groups in total. The van der Waals surface area contributed by atoms with Gasteiger partial charge in [0.2, 0.25) is 0 Å². The summed E-state index contributed by atoms with van der Waals surface area (Å²) in [6, 6.07) is 6.08. The van der Waals surface area contributed by atoms with Crippen molar-refractivity contribution in [1.82, 2.24) is 15.0 Å². The summed E-state index contributed by atoms with van der Waals surface area (Å²) < 4.78 is 26.9. The number of fused-ring (bicyclic) bond motifs is 1. The van der Waals surface area contributed by atoms with Crippen LogP contribution in [-0.4, -0.2) is 34.6 Å². The third kappa shape index (κ3) is 2.64.